The molecule has 40 heavy (non-hydrogen) atoms. The van der Waals surface area contributed by atoms with Gasteiger partial charge in [0, 0.05) is 23.1 Å². The summed E-state index contributed by atoms with van der Waals surface area (Å²) in [5, 5.41) is 5.34. The summed E-state index contributed by atoms with van der Waals surface area (Å²) in [6, 6.07) is 19.8. The number of aromatic nitrogens is 3. The van der Waals surface area contributed by atoms with Crippen LogP contribution in [0.15, 0.2) is 84.6 Å². The number of aromatic amines is 1. The van der Waals surface area contributed by atoms with E-state index in [0.717, 1.165) is 22.0 Å². The number of carbonyl (C=O) groups is 2. The molecule has 0 saturated carbocycles. The van der Waals surface area contributed by atoms with E-state index in [1.807, 2.05) is 18.2 Å². The zero-order valence-corrected chi connectivity index (χ0v) is 22.5. The van der Waals surface area contributed by atoms with E-state index in [2.05, 4.69) is 44.5 Å². The van der Waals surface area contributed by atoms with Crippen molar-refractivity contribution in [2.75, 3.05) is 0 Å². The molecule has 0 aliphatic heterocycles. The van der Waals surface area contributed by atoms with Crippen molar-refractivity contribution in [3.63, 3.8) is 0 Å². The van der Waals surface area contributed by atoms with Crippen LogP contribution in [0, 0.1) is 0 Å². The van der Waals surface area contributed by atoms with E-state index in [9.17, 15) is 18.4 Å². The van der Waals surface area contributed by atoms with Gasteiger partial charge in [0.1, 0.15) is 10.7 Å². The van der Waals surface area contributed by atoms with Crippen molar-refractivity contribution >= 4 is 33.8 Å². The lowest BCUT2D eigenvalue weighted by Gasteiger charge is -2.16. The number of Topliss-reactive ketones (excluding diaryl/α,β-unsaturated/α-hetero) is 1. The van der Waals surface area contributed by atoms with E-state index in [-0.39, 0.29) is 35.3 Å². The summed E-state index contributed by atoms with van der Waals surface area (Å²) in [4.78, 5) is 37.9. The summed E-state index contributed by atoms with van der Waals surface area (Å²) in [6.45, 7) is 0. The summed E-state index contributed by atoms with van der Waals surface area (Å²) in [7, 11) is 0. The lowest BCUT2D eigenvalue weighted by atomic mass is 9.99. The van der Waals surface area contributed by atoms with Gasteiger partial charge in [-0.25, -0.2) is 13.8 Å². The number of rotatable bonds is 12. The van der Waals surface area contributed by atoms with Crippen molar-refractivity contribution in [3.05, 3.63) is 106 Å². The fraction of sp³-hybridized carbons (Fsp3) is 0.226. The van der Waals surface area contributed by atoms with Crippen molar-refractivity contribution in [1.82, 2.24) is 20.3 Å². The number of halogens is 2. The van der Waals surface area contributed by atoms with Crippen LogP contribution in [0.2, 0.25) is 0 Å². The van der Waals surface area contributed by atoms with Crippen molar-refractivity contribution in [2.45, 2.75) is 44.6 Å². The number of alkyl halides is 2. The van der Waals surface area contributed by atoms with Crippen molar-refractivity contribution < 1.29 is 18.4 Å². The van der Waals surface area contributed by atoms with E-state index in [1.54, 1.807) is 17.8 Å². The predicted molar refractivity (Wildman–Crippen MR) is 153 cm³/mol. The fourth-order valence-electron chi connectivity index (χ4n) is 4.74. The standard InChI is InChI=1S/C31H28F2N4O2S/c32-29(33)24-11-7-6-10-23(24)27(38)13-3-1-2-12-25(37-31(39)28-18-34-19-40-28)30-35-17-26(36-30)22-15-14-20-8-4-5-9-21(20)16-22/h4-11,14-19,25,29H,1-3,12-13H2,(H,35,36)(H,37,39)/t25-/m0/s1. The van der Waals surface area contributed by atoms with Gasteiger partial charge in [-0.2, -0.15) is 0 Å². The maximum absolute atomic E-state index is 13.3. The molecule has 1 atom stereocenters. The minimum Gasteiger partial charge on any atom is -0.341 e. The molecule has 0 spiro atoms. The van der Waals surface area contributed by atoms with Gasteiger partial charge < -0.3 is 10.3 Å². The first-order chi connectivity index (χ1) is 19.5. The molecule has 3 aromatic carbocycles. The maximum atomic E-state index is 13.3. The number of nitrogens with zero attached hydrogens (tertiary/aromatic N) is 2. The quantitative estimate of drug-likeness (QED) is 0.120. The first kappa shape index (κ1) is 27.3. The molecular weight excluding hydrogens is 530 g/mol. The van der Waals surface area contributed by atoms with Gasteiger partial charge in [0.15, 0.2) is 5.78 Å². The molecule has 2 aromatic heterocycles. The molecule has 5 rings (SSSR count). The highest BCUT2D eigenvalue weighted by atomic mass is 32.1. The highest BCUT2D eigenvalue weighted by molar-refractivity contribution is 7.11. The van der Waals surface area contributed by atoms with E-state index in [0.29, 0.717) is 36.4 Å². The molecule has 1 amide bonds. The lowest BCUT2D eigenvalue weighted by Crippen LogP contribution is -2.28. The van der Waals surface area contributed by atoms with Crippen molar-refractivity contribution in [3.8, 4) is 11.3 Å². The SMILES string of the molecule is O=C(N[C@@H](CCCCCC(=O)c1ccccc1C(F)F)c1ncc(-c2ccc3ccccc3c2)[nH]1)c1cncs1. The van der Waals surface area contributed by atoms with Crippen molar-refractivity contribution in [1.29, 1.82) is 0 Å². The highest BCUT2D eigenvalue weighted by Crippen LogP contribution is 2.27. The topological polar surface area (TPSA) is 87.7 Å². The van der Waals surface area contributed by atoms with Gasteiger partial charge in [0.25, 0.3) is 12.3 Å². The maximum Gasteiger partial charge on any atom is 0.264 e. The fourth-order valence-corrected chi connectivity index (χ4v) is 5.26. The van der Waals surface area contributed by atoms with Crippen LogP contribution in [0.4, 0.5) is 8.78 Å². The summed E-state index contributed by atoms with van der Waals surface area (Å²) in [6.07, 6.45) is 3.37. The van der Waals surface area contributed by atoms with Crippen molar-refractivity contribution in [2.24, 2.45) is 0 Å². The molecule has 0 fully saturated rings. The molecule has 6 nitrogen and oxygen atoms in total. The predicted octanol–water partition coefficient (Wildman–Crippen LogP) is 7.93. The number of hydrogen-bond acceptors (Lipinski definition) is 5. The number of fused-ring (bicyclic) bond motifs is 1. The number of unbranched alkanes of at least 4 members (excludes halogenated alkanes) is 2. The Morgan fingerprint density at radius 3 is 2.52 bits per heavy atom. The van der Waals surface area contributed by atoms with Gasteiger partial charge in [-0.1, -0.05) is 73.5 Å². The molecule has 5 aromatic rings. The Kier molecular flexibility index (Phi) is 8.71. The second kappa shape index (κ2) is 12.7. The van der Waals surface area contributed by atoms with Crippen LogP contribution in [0.3, 0.4) is 0 Å². The molecule has 0 saturated heterocycles. The van der Waals surface area contributed by atoms with E-state index >= 15 is 0 Å². The molecule has 0 radical (unpaired) electrons. The minimum atomic E-state index is -2.68. The lowest BCUT2D eigenvalue weighted by molar-refractivity contribution is 0.0935. The van der Waals surface area contributed by atoms with Crippen LogP contribution in [0.25, 0.3) is 22.0 Å². The zero-order valence-electron chi connectivity index (χ0n) is 21.6. The van der Waals surface area contributed by atoms with Gasteiger partial charge in [-0.3, -0.25) is 14.6 Å². The zero-order chi connectivity index (χ0) is 27.9. The second-order valence-corrected chi connectivity index (χ2v) is 10.4. The first-order valence-electron chi connectivity index (χ1n) is 13.1. The molecular formula is C31H28F2N4O2S. The van der Waals surface area contributed by atoms with Crippen LogP contribution in [0.1, 0.15) is 76.0 Å². The molecule has 204 valence electrons. The Morgan fingerprint density at radius 1 is 0.925 bits per heavy atom. The largest absolute Gasteiger partial charge is 0.341 e. The Balaban J connectivity index is 1.24. The van der Waals surface area contributed by atoms with Gasteiger partial charge in [-0.05, 0) is 29.7 Å². The number of hydrogen-bond donors (Lipinski definition) is 2. The van der Waals surface area contributed by atoms with E-state index in [4.69, 9.17) is 0 Å². The number of benzene rings is 3. The molecule has 0 aliphatic rings. The van der Waals surface area contributed by atoms with Crippen LogP contribution in [-0.4, -0.2) is 26.6 Å². The summed E-state index contributed by atoms with van der Waals surface area (Å²) >= 11 is 1.26. The Morgan fingerprint density at radius 2 is 1.73 bits per heavy atom. The molecule has 2 N–H and O–H groups in total. The smallest absolute Gasteiger partial charge is 0.264 e. The number of amides is 1. The van der Waals surface area contributed by atoms with Gasteiger partial charge in [0.05, 0.1) is 29.6 Å². The molecule has 0 aliphatic carbocycles. The van der Waals surface area contributed by atoms with Crippen LogP contribution in [-0.2, 0) is 0 Å². The third-order valence-electron chi connectivity index (χ3n) is 6.84. The van der Waals surface area contributed by atoms with Gasteiger partial charge in [0.2, 0.25) is 0 Å². The number of imidazole rings is 1. The second-order valence-electron chi connectivity index (χ2n) is 9.55. The van der Waals surface area contributed by atoms with Gasteiger partial charge in [-0.15, -0.1) is 11.3 Å². The highest BCUT2D eigenvalue weighted by Gasteiger charge is 2.21. The average molecular weight is 559 g/mol. The third-order valence-corrected chi connectivity index (χ3v) is 7.61. The van der Waals surface area contributed by atoms with Gasteiger partial charge >= 0.3 is 0 Å². The normalized spacial score (nSPS) is 12.1. The van der Waals surface area contributed by atoms with E-state index < -0.39 is 6.43 Å². The molecule has 0 unspecified atom stereocenters. The number of nitrogens with one attached hydrogen (secondary N) is 2. The Labute approximate surface area is 234 Å². The number of carbonyl (C=O) groups excluding carboxylic acids is 2. The third kappa shape index (κ3) is 6.48. The minimum absolute atomic E-state index is 0.0870. The Hall–Kier alpha value is -4.24. The number of H-pyrrole nitrogens is 1. The number of ketones is 1. The summed E-state index contributed by atoms with van der Waals surface area (Å²) < 4.78 is 26.5. The summed E-state index contributed by atoms with van der Waals surface area (Å²) in [5.41, 5.74) is 3.31. The summed E-state index contributed by atoms with van der Waals surface area (Å²) in [5.74, 6) is 0.134. The van der Waals surface area contributed by atoms with Crippen LogP contribution < -0.4 is 5.32 Å². The Bertz CT molecular complexity index is 1600. The first-order valence-corrected chi connectivity index (χ1v) is 14.0. The van der Waals surface area contributed by atoms with Crippen LogP contribution >= 0.6 is 11.3 Å². The molecule has 2 heterocycles. The van der Waals surface area contributed by atoms with E-state index in [1.165, 1.54) is 35.7 Å². The monoisotopic (exact) mass is 558 g/mol. The van der Waals surface area contributed by atoms with Crippen LogP contribution in [0.5, 0.6) is 0 Å². The number of thiazole rings is 1. The average Bonchev–Trinajstić information content (AvgIpc) is 3.69. The molecule has 0 bridgehead atoms. The molecule has 9 heteroatoms.